The number of halogens is 2. The lowest BCUT2D eigenvalue weighted by molar-refractivity contribution is -0.0181. The van der Waals surface area contributed by atoms with E-state index in [2.05, 4.69) is 11.8 Å². The molecule has 0 aromatic heterocycles. The second-order valence-corrected chi connectivity index (χ2v) is 8.41. The zero-order valence-corrected chi connectivity index (χ0v) is 14.8. The molecule has 4 fully saturated rings. The molecule has 0 amide bonds. The van der Waals surface area contributed by atoms with E-state index in [1.54, 1.807) is 18.2 Å². The topological polar surface area (TPSA) is 34.1 Å². The first kappa shape index (κ1) is 16.2. The van der Waals surface area contributed by atoms with Crippen molar-refractivity contribution in [3.05, 3.63) is 34.9 Å². The van der Waals surface area contributed by atoms with E-state index in [-0.39, 0.29) is 16.5 Å². The summed E-state index contributed by atoms with van der Waals surface area (Å²) in [5, 5.41) is -1.21. The Morgan fingerprint density at radius 2 is 1.38 bits per heavy atom. The zero-order valence-electron chi connectivity index (χ0n) is 13.3. The van der Waals surface area contributed by atoms with Crippen molar-refractivity contribution >= 4 is 33.7 Å². The lowest BCUT2D eigenvalue weighted by Gasteiger charge is -2.54. The fourth-order valence-electron chi connectivity index (χ4n) is 5.47. The molecule has 1 aromatic carbocycles. The molecule has 4 aliphatic rings. The molecule has 0 N–H and O–H groups in total. The van der Waals surface area contributed by atoms with Gasteiger partial charge in [0.25, 0.3) is 10.5 Å². The van der Waals surface area contributed by atoms with E-state index >= 15 is 0 Å². The minimum absolute atomic E-state index is 0.0455. The van der Waals surface area contributed by atoms with E-state index in [1.165, 1.54) is 19.3 Å². The van der Waals surface area contributed by atoms with Crippen LogP contribution in [-0.4, -0.2) is 10.5 Å². The third-order valence-corrected chi connectivity index (χ3v) is 6.39. The first-order valence-corrected chi connectivity index (χ1v) is 9.27. The standard InChI is InChI=1S/C20H18Cl2O2/c21-18(23)16-2-1-3-17(19(22)24)15(16)4-5-20-9-12-6-13(10-20)8-14(7-12)11-20/h1-3,12-14H,6-11H2. The van der Waals surface area contributed by atoms with E-state index in [0.717, 1.165) is 37.0 Å². The van der Waals surface area contributed by atoms with Gasteiger partial charge < -0.3 is 0 Å². The van der Waals surface area contributed by atoms with Crippen molar-refractivity contribution in [1.82, 2.24) is 0 Å². The maximum Gasteiger partial charge on any atom is 0.253 e. The van der Waals surface area contributed by atoms with E-state index < -0.39 is 10.5 Å². The van der Waals surface area contributed by atoms with Crippen LogP contribution in [-0.2, 0) is 0 Å². The molecular formula is C20H18Cl2O2. The van der Waals surface area contributed by atoms with Crippen LogP contribution in [0.15, 0.2) is 18.2 Å². The number of hydrogen-bond donors (Lipinski definition) is 0. The van der Waals surface area contributed by atoms with Gasteiger partial charge in [0.2, 0.25) is 0 Å². The van der Waals surface area contributed by atoms with E-state index in [0.29, 0.717) is 5.56 Å². The molecule has 4 aliphatic carbocycles. The van der Waals surface area contributed by atoms with E-state index in [9.17, 15) is 9.59 Å². The quantitative estimate of drug-likeness (QED) is 0.548. The molecule has 4 saturated carbocycles. The molecule has 0 aliphatic heterocycles. The van der Waals surface area contributed by atoms with Crippen LogP contribution in [0.3, 0.4) is 0 Å². The van der Waals surface area contributed by atoms with Crippen LogP contribution < -0.4 is 0 Å². The zero-order chi connectivity index (χ0) is 16.9. The predicted octanol–water partition coefficient (Wildman–Crippen LogP) is 5.01. The van der Waals surface area contributed by atoms with Crippen molar-refractivity contribution in [2.75, 3.05) is 0 Å². The van der Waals surface area contributed by atoms with Crippen LogP contribution in [0.4, 0.5) is 0 Å². The molecule has 1 aromatic rings. The molecule has 24 heavy (non-hydrogen) atoms. The molecule has 0 radical (unpaired) electrons. The van der Waals surface area contributed by atoms with Gasteiger partial charge in [-0.25, -0.2) is 0 Å². The van der Waals surface area contributed by atoms with Gasteiger partial charge in [0.15, 0.2) is 0 Å². The normalized spacial score (nSPS) is 33.0. The van der Waals surface area contributed by atoms with Crippen molar-refractivity contribution in [2.45, 2.75) is 38.5 Å². The van der Waals surface area contributed by atoms with Crippen LogP contribution in [0.5, 0.6) is 0 Å². The highest BCUT2D eigenvalue weighted by Gasteiger charge is 2.50. The Kier molecular flexibility index (Phi) is 3.98. The monoisotopic (exact) mass is 360 g/mol. The highest BCUT2D eigenvalue weighted by molar-refractivity contribution is 6.69. The number of hydrogen-bond acceptors (Lipinski definition) is 2. The van der Waals surface area contributed by atoms with Gasteiger partial charge in [-0.2, -0.15) is 0 Å². The van der Waals surface area contributed by atoms with Gasteiger partial charge in [-0.05, 0) is 91.6 Å². The summed E-state index contributed by atoms with van der Waals surface area (Å²) in [6.45, 7) is 0. The van der Waals surface area contributed by atoms with Crippen molar-refractivity contribution in [1.29, 1.82) is 0 Å². The molecule has 4 heteroatoms. The third kappa shape index (κ3) is 2.79. The molecule has 4 bridgehead atoms. The summed E-state index contributed by atoms with van der Waals surface area (Å²) in [7, 11) is 0. The number of carbonyl (C=O) groups excluding carboxylic acids is 2. The molecule has 0 saturated heterocycles. The van der Waals surface area contributed by atoms with Crippen molar-refractivity contribution in [3.8, 4) is 11.8 Å². The van der Waals surface area contributed by atoms with Crippen LogP contribution in [0, 0.1) is 35.0 Å². The number of carbonyl (C=O) groups is 2. The summed E-state index contributed by atoms with van der Waals surface area (Å²) in [5.74, 6) is 8.99. The molecular weight excluding hydrogens is 343 g/mol. The second kappa shape index (κ2) is 5.90. The second-order valence-electron chi connectivity index (χ2n) is 7.72. The molecule has 5 rings (SSSR count). The molecule has 0 heterocycles. The SMILES string of the molecule is O=C(Cl)c1cccc(C(=O)Cl)c1C#CC12CC3CC(CC(C3)C1)C2. The van der Waals surface area contributed by atoms with Gasteiger partial charge in [0.1, 0.15) is 0 Å². The molecule has 0 atom stereocenters. The lowest BCUT2D eigenvalue weighted by Crippen LogP contribution is -2.45. The minimum Gasteiger partial charge on any atom is -0.276 e. The Morgan fingerprint density at radius 1 is 0.917 bits per heavy atom. The summed E-state index contributed by atoms with van der Waals surface area (Å²) in [6.07, 6.45) is 7.49. The molecule has 0 spiro atoms. The van der Waals surface area contributed by atoms with E-state index in [1.807, 2.05) is 0 Å². The first-order valence-electron chi connectivity index (χ1n) is 8.52. The largest absolute Gasteiger partial charge is 0.276 e. The third-order valence-electron chi connectivity index (χ3n) is 5.98. The Morgan fingerprint density at radius 3 is 1.79 bits per heavy atom. The molecule has 0 unspecified atom stereocenters. The lowest BCUT2D eigenvalue weighted by atomic mass is 9.50. The van der Waals surface area contributed by atoms with Gasteiger partial charge in [-0.15, -0.1) is 0 Å². The molecule has 2 nitrogen and oxygen atoms in total. The van der Waals surface area contributed by atoms with Gasteiger partial charge >= 0.3 is 0 Å². The fraction of sp³-hybridized carbons (Fsp3) is 0.500. The van der Waals surface area contributed by atoms with Crippen molar-refractivity contribution in [3.63, 3.8) is 0 Å². The Labute approximate surface area is 151 Å². The summed E-state index contributed by atoms with van der Waals surface area (Å²) in [4.78, 5) is 23.4. The van der Waals surface area contributed by atoms with Crippen molar-refractivity contribution in [2.24, 2.45) is 23.2 Å². The maximum atomic E-state index is 11.7. The van der Waals surface area contributed by atoms with Gasteiger partial charge in [0.05, 0.1) is 11.1 Å². The maximum absolute atomic E-state index is 11.7. The van der Waals surface area contributed by atoms with Crippen LogP contribution in [0.25, 0.3) is 0 Å². The highest BCUT2D eigenvalue weighted by Crippen LogP contribution is 2.59. The Hall–Kier alpha value is -1.30. The van der Waals surface area contributed by atoms with Gasteiger partial charge in [0, 0.05) is 11.0 Å². The van der Waals surface area contributed by atoms with Crippen LogP contribution in [0.1, 0.15) is 64.8 Å². The first-order chi connectivity index (χ1) is 11.5. The van der Waals surface area contributed by atoms with Gasteiger partial charge in [-0.3, -0.25) is 9.59 Å². The van der Waals surface area contributed by atoms with Crippen molar-refractivity contribution < 1.29 is 9.59 Å². The molecule has 124 valence electrons. The summed E-state index contributed by atoms with van der Waals surface area (Å²) >= 11 is 11.4. The summed E-state index contributed by atoms with van der Waals surface area (Å²) < 4.78 is 0. The van der Waals surface area contributed by atoms with Crippen LogP contribution in [0.2, 0.25) is 0 Å². The fourth-order valence-corrected chi connectivity index (χ4v) is 5.79. The average molecular weight is 361 g/mol. The summed E-state index contributed by atoms with van der Waals surface area (Å²) in [5.41, 5.74) is 0.957. The summed E-state index contributed by atoms with van der Waals surface area (Å²) in [6, 6.07) is 4.81. The highest BCUT2D eigenvalue weighted by atomic mass is 35.5. The Balaban J connectivity index is 1.76. The Bertz CT molecular complexity index is 717. The average Bonchev–Trinajstić information content (AvgIpc) is 2.51. The number of benzene rings is 1. The van der Waals surface area contributed by atoms with Gasteiger partial charge in [-0.1, -0.05) is 17.9 Å². The smallest absolute Gasteiger partial charge is 0.253 e. The predicted molar refractivity (Wildman–Crippen MR) is 94.3 cm³/mol. The number of rotatable bonds is 2. The minimum atomic E-state index is -0.607. The van der Waals surface area contributed by atoms with E-state index in [4.69, 9.17) is 23.2 Å². The van der Waals surface area contributed by atoms with Crippen LogP contribution >= 0.6 is 23.2 Å².